The Bertz CT molecular complexity index is 547. The zero-order valence-electron chi connectivity index (χ0n) is 11.9. The average Bonchev–Trinajstić information content (AvgIpc) is 2.54. The Morgan fingerprint density at radius 1 is 1.33 bits per heavy atom. The smallest absolute Gasteiger partial charge is 0.444 e. The molecular weight excluding hydrogens is 315 g/mol. The standard InChI is InChI=1S/C11H16F3NO5S/c1-7-5-8(20-21(17,18)11(12,13)14)6-15(7)9(16)19-10(2,3)4/h5,7H,6H2,1-4H3/t7-/m1/s1. The van der Waals surface area contributed by atoms with Gasteiger partial charge in [-0.1, -0.05) is 0 Å². The van der Waals surface area contributed by atoms with E-state index in [1.165, 1.54) is 6.92 Å². The van der Waals surface area contributed by atoms with Crippen LogP contribution in [0.2, 0.25) is 0 Å². The molecule has 0 aliphatic carbocycles. The summed E-state index contributed by atoms with van der Waals surface area (Å²) in [6.07, 6.45) is 0.349. The van der Waals surface area contributed by atoms with E-state index in [4.69, 9.17) is 4.74 Å². The van der Waals surface area contributed by atoms with Crippen LogP contribution in [0.1, 0.15) is 27.7 Å². The first kappa shape index (κ1) is 17.6. The Kier molecular flexibility index (Phi) is 4.52. The normalized spacial score (nSPS) is 20.2. The van der Waals surface area contributed by atoms with Gasteiger partial charge < -0.3 is 8.92 Å². The number of carbonyl (C=O) groups excluding carboxylic acids is 1. The summed E-state index contributed by atoms with van der Waals surface area (Å²) in [5, 5.41) is 0. The summed E-state index contributed by atoms with van der Waals surface area (Å²) in [7, 11) is -5.74. The highest BCUT2D eigenvalue weighted by atomic mass is 32.2. The molecule has 1 heterocycles. The molecule has 0 saturated carbocycles. The maximum Gasteiger partial charge on any atom is 0.534 e. The minimum Gasteiger partial charge on any atom is -0.444 e. The van der Waals surface area contributed by atoms with Crippen molar-refractivity contribution in [3.63, 3.8) is 0 Å². The molecule has 1 amide bonds. The van der Waals surface area contributed by atoms with Gasteiger partial charge in [-0.25, -0.2) is 4.79 Å². The van der Waals surface area contributed by atoms with Crippen molar-refractivity contribution in [2.24, 2.45) is 0 Å². The third-order valence-electron chi connectivity index (χ3n) is 2.37. The Morgan fingerprint density at radius 2 is 1.86 bits per heavy atom. The Morgan fingerprint density at radius 3 is 2.29 bits per heavy atom. The molecule has 0 unspecified atom stereocenters. The second-order valence-electron chi connectivity index (χ2n) is 5.47. The van der Waals surface area contributed by atoms with Gasteiger partial charge in [-0.05, 0) is 33.8 Å². The predicted octanol–water partition coefficient (Wildman–Crippen LogP) is 2.38. The van der Waals surface area contributed by atoms with Crippen molar-refractivity contribution in [1.29, 1.82) is 0 Å². The SMILES string of the molecule is C[C@@H]1C=C(OS(=O)(=O)C(F)(F)F)CN1C(=O)OC(C)(C)C. The minimum absolute atomic E-state index is 0.411. The van der Waals surface area contributed by atoms with Crippen molar-refractivity contribution in [3.05, 3.63) is 11.8 Å². The quantitative estimate of drug-likeness (QED) is 0.574. The number of alkyl halides is 3. The molecule has 0 fully saturated rings. The molecule has 0 saturated heterocycles. The summed E-state index contributed by atoms with van der Waals surface area (Å²) >= 11 is 0. The van der Waals surface area contributed by atoms with E-state index in [1.54, 1.807) is 20.8 Å². The van der Waals surface area contributed by atoms with Crippen LogP contribution in [0.15, 0.2) is 11.8 Å². The van der Waals surface area contributed by atoms with Crippen LogP contribution in [0.3, 0.4) is 0 Å². The van der Waals surface area contributed by atoms with Crippen LogP contribution < -0.4 is 0 Å². The predicted molar refractivity (Wildman–Crippen MR) is 66.5 cm³/mol. The van der Waals surface area contributed by atoms with Gasteiger partial charge in [0.1, 0.15) is 11.4 Å². The van der Waals surface area contributed by atoms with Crippen molar-refractivity contribution < 1.29 is 35.3 Å². The molecule has 122 valence electrons. The zero-order chi connectivity index (χ0) is 16.6. The molecule has 1 aliphatic heterocycles. The summed E-state index contributed by atoms with van der Waals surface area (Å²) in [5.74, 6) is -0.467. The van der Waals surface area contributed by atoms with Crippen LogP contribution >= 0.6 is 0 Å². The molecule has 6 nitrogen and oxygen atoms in total. The van der Waals surface area contributed by atoms with Crippen LogP contribution in [-0.2, 0) is 19.0 Å². The zero-order valence-corrected chi connectivity index (χ0v) is 12.7. The van der Waals surface area contributed by atoms with Gasteiger partial charge in [0.25, 0.3) is 0 Å². The monoisotopic (exact) mass is 331 g/mol. The second kappa shape index (κ2) is 5.39. The third-order valence-corrected chi connectivity index (χ3v) is 3.37. The lowest BCUT2D eigenvalue weighted by Gasteiger charge is -2.26. The van der Waals surface area contributed by atoms with Gasteiger partial charge in [0, 0.05) is 0 Å². The number of rotatable bonds is 2. The number of hydrogen-bond acceptors (Lipinski definition) is 5. The summed E-state index contributed by atoms with van der Waals surface area (Å²) in [6, 6.07) is -0.640. The van der Waals surface area contributed by atoms with Gasteiger partial charge in [0.05, 0.1) is 12.6 Å². The first-order valence-corrected chi connectivity index (χ1v) is 7.35. The average molecular weight is 331 g/mol. The highest BCUT2D eigenvalue weighted by Gasteiger charge is 2.49. The first-order chi connectivity index (χ1) is 9.23. The second-order valence-corrected chi connectivity index (χ2v) is 7.00. The van der Waals surface area contributed by atoms with Crippen LogP contribution in [-0.4, -0.2) is 43.1 Å². The van der Waals surface area contributed by atoms with E-state index in [9.17, 15) is 26.4 Å². The highest BCUT2D eigenvalue weighted by Crippen LogP contribution is 2.29. The van der Waals surface area contributed by atoms with Gasteiger partial charge in [0.15, 0.2) is 0 Å². The molecule has 0 N–H and O–H groups in total. The molecule has 1 aliphatic rings. The van der Waals surface area contributed by atoms with Gasteiger partial charge >= 0.3 is 21.7 Å². The van der Waals surface area contributed by atoms with E-state index in [2.05, 4.69) is 4.18 Å². The molecule has 0 bridgehead atoms. The number of amides is 1. The topological polar surface area (TPSA) is 72.9 Å². The summed E-state index contributed by atoms with van der Waals surface area (Å²) in [6.45, 7) is 5.98. The Balaban J connectivity index is 2.77. The van der Waals surface area contributed by atoms with Gasteiger partial charge in [-0.2, -0.15) is 21.6 Å². The van der Waals surface area contributed by atoms with E-state index in [0.717, 1.165) is 11.0 Å². The van der Waals surface area contributed by atoms with Crippen molar-refractivity contribution in [2.75, 3.05) is 6.54 Å². The largest absolute Gasteiger partial charge is 0.534 e. The Hall–Kier alpha value is -1.45. The lowest BCUT2D eigenvalue weighted by atomic mass is 10.2. The maximum atomic E-state index is 12.2. The van der Waals surface area contributed by atoms with Crippen molar-refractivity contribution in [1.82, 2.24) is 4.90 Å². The fraction of sp³-hybridized carbons (Fsp3) is 0.727. The van der Waals surface area contributed by atoms with Crippen LogP contribution in [0.4, 0.5) is 18.0 Å². The molecule has 0 aromatic carbocycles. The fourth-order valence-corrected chi connectivity index (χ4v) is 2.00. The number of hydrogen-bond donors (Lipinski definition) is 0. The number of halogens is 3. The molecule has 0 radical (unpaired) electrons. The summed E-state index contributed by atoms with van der Waals surface area (Å²) < 4.78 is 67.5. The molecule has 10 heteroatoms. The van der Waals surface area contributed by atoms with Crippen molar-refractivity contribution in [3.8, 4) is 0 Å². The van der Waals surface area contributed by atoms with Gasteiger partial charge in [-0.15, -0.1) is 0 Å². The molecule has 1 rings (SSSR count). The molecule has 0 spiro atoms. The van der Waals surface area contributed by atoms with Gasteiger partial charge in [-0.3, -0.25) is 4.90 Å². The molecule has 21 heavy (non-hydrogen) atoms. The molecule has 0 aromatic heterocycles. The van der Waals surface area contributed by atoms with Crippen LogP contribution in [0, 0.1) is 0 Å². The number of ether oxygens (including phenoxy) is 1. The Labute approximate surface area is 120 Å². The van der Waals surface area contributed by atoms with Crippen molar-refractivity contribution >= 4 is 16.2 Å². The lowest BCUT2D eigenvalue weighted by Crippen LogP contribution is -2.39. The first-order valence-electron chi connectivity index (χ1n) is 5.94. The molecule has 1 atom stereocenters. The summed E-state index contributed by atoms with van der Waals surface area (Å²) in [5.41, 5.74) is -6.30. The number of carbonyl (C=O) groups is 1. The van der Waals surface area contributed by atoms with E-state index < -0.39 is 45.7 Å². The van der Waals surface area contributed by atoms with Crippen molar-refractivity contribution in [2.45, 2.75) is 44.8 Å². The fourth-order valence-electron chi connectivity index (χ4n) is 1.52. The molecular formula is C11H16F3NO5S. The van der Waals surface area contributed by atoms with E-state index in [-0.39, 0.29) is 0 Å². The molecule has 0 aromatic rings. The van der Waals surface area contributed by atoms with E-state index in [0.29, 0.717) is 0 Å². The van der Waals surface area contributed by atoms with E-state index >= 15 is 0 Å². The highest BCUT2D eigenvalue weighted by molar-refractivity contribution is 7.87. The van der Waals surface area contributed by atoms with Gasteiger partial charge in [0.2, 0.25) is 0 Å². The minimum atomic E-state index is -5.74. The lowest BCUT2D eigenvalue weighted by molar-refractivity contribution is -0.0523. The van der Waals surface area contributed by atoms with Crippen LogP contribution in [0.25, 0.3) is 0 Å². The van der Waals surface area contributed by atoms with Crippen LogP contribution in [0.5, 0.6) is 0 Å². The third kappa shape index (κ3) is 4.51. The van der Waals surface area contributed by atoms with E-state index in [1.807, 2.05) is 0 Å². The maximum absolute atomic E-state index is 12.2. The summed E-state index contributed by atoms with van der Waals surface area (Å²) in [4.78, 5) is 12.9. The number of nitrogens with zero attached hydrogens (tertiary/aromatic N) is 1.